The van der Waals surface area contributed by atoms with Gasteiger partial charge in [0.15, 0.2) is 0 Å². The molecule has 1 aliphatic heterocycles. The number of benzene rings is 1. The van der Waals surface area contributed by atoms with E-state index < -0.39 is 0 Å². The molecule has 2 N–H and O–H groups in total. The fraction of sp³-hybridized carbons (Fsp3) is 0.500. The molecule has 2 rings (SSSR count). The van der Waals surface area contributed by atoms with E-state index in [9.17, 15) is 4.79 Å². The smallest absolute Gasteiger partial charge is 0.338 e. The summed E-state index contributed by atoms with van der Waals surface area (Å²) in [5, 5.41) is 6.87. The van der Waals surface area contributed by atoms with E-state index >= 15 is 0 Å². The molecule has 18 heavy (non-hydrogen) atoms. The summed E-state index contributed by atoms with van der Waals surface area (Å²) in [6.07, 6.45) is 2.35. The van der Waals surface area contributed by atoms with Crippen LogP contribution in [0.15, 0.2) is 18.2 Å². The quantitative estimate of drug-likeness (QED) is 0.803. The molecule has 1 fully saturated rings. The summed E-state index contributed by atoms with van der Waals surface area (Å²) in [6, 6.07) is 6.13. The molecule has 1 saturated heterocycles. The Morgan fingerprint density at radius 2 is 2.33 bits per heavy atom. The molecule has 1 atom stereocenters. The molecule has 0 amide bonds. The number of ether oxygens (including phenoxy) is 1. The number of nitrogens with one attached hydrogen (secondary N) is 2. The van der Waals surface area contributed by atoms with E-state index in [1.54, 1.807) is 6.07 Å². The highest BCUT2D eigenvalue weighted by molar-refractivity contribution is 5.92. The first kappa shape index (κ1) is 12.9. The van der Waals surface area contributed by atoms with Crippen LogP contribution in [0.2, 0.25) is 0 Å². The molecular formula is C14H20N2O2. The third kappa shape index (κ3) is 2.82. The van der Waals surface area contributed by atoms with Crippen molar-refractivity contribution >= 4 is 11.7 Å². The van der Waals surface area contributed by atoms with Gasteiger partial charge in [-0.2, -0.15) is 0 Å². The van der Waals surface area contributed by atoms with Gasteiger partial charge in [-0.15, -0.1) is 0 Å². The van der Waals surface area contributed by atoms with Crippen molar-refractivity contribution in [2.45, 2.75) is 25.8 Å². The van der Waals surface area contributed by atoms with Crippen LogP contribution in [0.4, 0.5) is 5.69 Å². The van der Waals surface area contributed by atoms with Crippen molar-refractivity contribution in [3.05, 3.63) is 29.3 Å². The Morgan fingerprint density at radius 1 is 1.50 bits per heavy atom. The van der Waals surface area contributed by atoms with Gasteiger partial charge in [-0.3, -0.25) is 0 Å². The fourth-order valence-corrected chi connectivity index (χ4v) is 2.32. The predicted octanol–water partition coefficient (Wildman–Crippen LogP) is 1.95. The topological polar surface area (TPSA) is 50.4 Å². The normalized spacial score (nSPS) is 19.3. The van der Waals surface area contributed by atoms with Crippen molar-refractivity contribution in [1.29, 1.82) is 0 Å². The SMILES string of the molecule is COC(=O)c1cccc(NC2CCCNC2)c1C. The summed E-state index contributed by atoms with van der Waals surface area (Å²) in [5.74, 6) is -0.280. The van der Waals surface area contributed by atoms with Gasteiger partial charge in [0.05, 0.1) is 12.7 Å². The van der Waals surface area contributed by atoms with E-state index in [0.717, 1.165) is 30.8 Å². The summed E-state index contributed by atoms with van der Waals surface area (Å²) in [5.41, 5.74) is 2.60. The maximum atomic E-state index is 11.6. The lowest BCUT2D eigenvalue weighted by molar-refractivity contribution is 0.0600. The van der Waals surface area contributed by atoms with Crippen molar-refractivity contribution in [2.24, 2.45) is 0 Å². The van der Waals surface area contributed by atoms with Gasteiger partial charge in [-0.1, -0.05) is 6.07 Å². The standard InChI is InChI=1S/C14H20N2O2/c1-10-12(14(17)18-2)6-3-7-13(10)16-11-5-4-8-15-9-11/h3,6-7,11,15-16H,4-5,8-9H2,1-2H3. The van der Waals surface area contributed by atoms with Crippen LogP contribution >= 0.6 is 0 Å². The molecule has 0 aromatic heterocycles. The Morgan fingerprint density at radius 3 is 3.00 bits per heavy atom. The number of hydrogen-bond donors (Lipinski definition) is 2. The van der Waals surface area contributed by atoms with E-state index in [-0.39, 0.29) is 5.97 Å². The van der Waals surface area contributed by atoms with Gasteiger partial charge in [-0.25, -0.2) is 4.79 Å². The largest absolute Gasteiger partial charge is 0.465 e. The molecule has 0 spiro atoms. The first-order valence-corrected chi connectivity index (χ1v) is 6.37. The fourth-order valence-electron chi connectivity index (χ4n) is 2.32. The van der Waals surface area contributed by atoms with Crippen molar-refractivity contribution in [3.8, 4) is 0 Å². The number of carbonyl (C=O) groups excluding carboxylic acids is 1. The van der Waals surface area contributed by atoms with E-state index in [0.29, 0.717) is 11.6 Å². The highest BCUT2D eigenvalue weighted by Crippen LogP contribution is 2.21. The Kier molecular flexibility index (Phi) is 4.20. The first-order valence-electron chi connectivity index (χ1n) is 6.37. The highest BCUT2D eigenvalue weighted by atomic mass is 16.5. The third-order valence-corrected chi connectivity index (χ3v) is 3.40. The van der Waals surface area contributed by atoms with Gasteiger partial charge >= 0.3 is 5.97 Å². The second kappa shape index (κ2) is 5.87. The van der Waals surface area contributed by atoms with Crippen molar-refractivity contribution in [3.63, 3.8) is 0 Å². The molecule has 1 heterocycles. The second-order valence-corrected chi connectivity index (χ2v) is 4.66. The lowest BCUT2D eigenvalue weighted by atomic mass is 10.0. The molecule has 0 aliphatic carbocycles. The van der Waals surface area contributed by atoms with Crippen LogP contribution in [0.3, 0.4) is 0 Å². The average molecular weight is 248 g/mol. The molecule has 98 valence electrons. The minimum absolute atomic E-state index is 0.280. The number of anilines is 1. The molecule has 0 saturated carbocycles. The van der Waals surface area contributed by atoms with Crippen LogP contribution in [-0.4, -0.2) is 32.2 Å². The van der Waals surface area contributed by atoms with Crippen LogP contribution in [0.1, 0.15) is 28.8 Å². The summed E-state index contributed by atoms with van der Waals surface area (Å²) in [7, 11) is 1.41. The minimum Gasteiger partial charge on any atom is -0.465 e. The number of carbonyl (C=O) groups is 1. The van der Waals surface area contributed by atoms with Gasteiger partial charge in [0, 0.05) is 18.3 Å². The van der Waals surface area contributed by atoms with Gasteiger partial charge in [-0.05, 0) is 44.0 Å². The van der Waals surface area contributed by atoms with Gasteiger partial charge < -0.3 is 15.4 Å². The zero-order chi connectivity index (χ0) is 13.0. The summed E-state index contributed by atoms with van der Waals surface area (Å²) in [6.45, 7) is 4.02. The monoisotopic (exact) mass is 248 g/mol. The second-order valence-electron chi connectivity index (χ2n) is 4.66. The molecule has 4 heteroatoms. The number of piperidine rings is 1. The maximum absolute atomic E-state index is 11.6. The van der Waals surface area contributed by atoms with E-state index in [1.807, 2.05) is 19.1 Å². The number of hydrogen-bond acceptors (Lipinski definition) is 4. The van der Waals surface area contributed by atoms with Gasteiger partial charge in [0.25, 0.3) is 0 Å². The number of methoxy groups -OCH3 is 1. The molecule has 4 nitrogen and oxygen atoms in total. The molecular weight excluding hydrogens is 228 g/mol. The number of rotatable bonds is 3. The van der Waals surface area contributed by atoms with E-state index in [2.05, 4.69) is 10.6 Å². The van der Waals surface area contributed by atoms with Crippen LogP contribution < -0.4 is 10.6 Å². The van der Waals surface area contributed by atoms with E-state index in [1.165, 1.54) is 13.5 Å². The Labute approximate surface area is 108 Å². The summed E-state index contributed by atoms with van der Waals surface area (Å²) >= 11 is 0. The predicted molar refractivity (Wildman–Crippen MR) is 72.0 cm³/mol. The summed E-state index contributed by atoms with van der Waals surface area (Å²) in [4.78, 5) is 11.6. The molecule has 0 radical (unpaired) electrons. The van der Waals surface area contributed by atoms with Crippen LogP contribution in [-0.2, 0) is 4.74 Å². The maximum Gasteiger partial charge on any atom is 0.338 e. The summed E-state index contributed by atoms with van der Waals surface area (Å²) < 4.78 is 4.78. The Hall–Kier alpha value is -1.55. The molecule has 1 aliphatic rings. The Bertz CT molecular complexity index is 426. The number of esters is 1. The van der Waals surface area contributed by atoms with Crippen molar-refractivity contribution in [1.82, 2.24) is 5.32 Å². The Balaban J connectivity index is 2.15. The average Bonchev–Trinajstić information content (AvgIpc) is 2.41. The zero-order valence-corrected chi connectivity index (χ0v) is 11.0. The van der Waals surface area contributed by atoms with Gasteiger partial charge in [0.1, 0.15) is 0 Å². The lowest BCUT2D eigenvalue weighted by Crippen LogP contribution is -2.38. The molecule has 0 bridgehead atoms. The van der Waals surface area contributed by atoms with E-state index in [4.69, 9.17) is 4.74 Å². The third-order valence-electron chi connectivity index (χ3n) is 3.40. The minimum atomic E-state index is -0.280. The highest BCUT2D eigenvalue weighted by Gasteiger charge is 2.16. The van der Waals surface area contributed by atoms with Crippen LogP contribution in [0.25, 0.3) is 0 Å². The molecule has 1 aromatic rings. The van der Waals surface area contributed by atoms with Crippen LogP contribution in [0.5, 0.6) is 0 Å². The van der Waals surface area contributed by atoms with Crippen LogP contribution in [0, 0.1) is 6.92 Å². The zero-order valence-electron chi connectivity index (χ0n) is 11.0. The lowest BCUT2D eigenvalue weighted by Gasteiger charge is -2.26. The molecule has 1 aromatic carbocycles. The first-order chi connectivity index (χ1) is 8.72. The van der Waals surface area contributed by atoms with Crippen molar-refractivity contribution < 1.29 is 9.53 Å². The van der Waals surface area contributed by atoms with Crippen molar-refractivity contribution in [2.75, 3.05) is 25.5 Å². The van der Waals surface area contributed by atoms with Gasteiger partial charge in [0.2, 0.25) is 0 Å². The molecule has 1 unspecified atom stereocenters.